The summed E-state index contributed by atoms with van der Waals surface area (Å²) in [6.45, 7) is 2.74. The van der Waals surface area contributed by atoms with E-state index in [1.807, 2.05) is 24.3 Å². The molecule has 2 bridgehead atoms. The van der Waals surface area contributed by atoms with E-state index in [0.29, 0.717) is 19.4 Å². The van der Waals surface area contributed by atoms with Crippen molar-refractivity contribution in [3.63, 3.8) is 0 Å². The molecule has 2 fully saturated rings. The zero-order valence-electron chi connectivity index (χ0n) is 15.9. The normalized spacial score (nSPS) is 27.5. The number of benzene rings is 2. The fourth-order valence-corrected chi connectivity index (χ4v) is 5.50. The quantitative estimate of drug-likeness (QED) is 0.868. The molecule has 28 heavy (non-hydrogen) atoms. The van der Waals surface area contributed by atoms with E-state index in [2.05, 4.69) is 31.2 Å². The number of ether oxygens (including phenoxy) is 1. The molecule has 2 unspecified atom stereocenters. The number of rotatable bonds is 3. The average Bonchev–Trinajstić information content (AvgIpc) is 3.32. The number of carboxylic acid groups (broad SMARTS) is 1. The van der Waals surface area contributed by atoms with Crippen LogP contribution in [-0.4, -0.2) is 40.8 Å². The topological polar surface area (TPSA) is 66.8 Å². The molecule has 1 N–H and O–H groups in total. The molecule has 3 aliphatic rings. The van der Waals surface area contributed by atoms with Gasteiger partial charge in [0.25, 0.3) is 0 Å². The molecule has 1 amide bonds. The minimum absolute atomic E-state index is 0.0208. The summed E-state index contributed by atoms with van der Waals surface area (Å²) in [6, 6.07) is 16.4. The number of aliphatic carboxylic acids is 1. The first kappa shape index (κ1) is 17.3. The van der Waals surface area contributed by atoms with Crippen molar-refractivity contribution < 1.29 is 19.4 Å². The third kappa shape index (κ3) is 2.32. The van der Waals surface area contributed by atoms with E-state index >= 15 is 0 Å². The van der Waals surface area contributed by atoms with Gasteiger partial charge in [-0.05, 0) is 46.9 Å². The zero-order valence-corrected chi connectivity index (χ0v) is 15.9. The Labute approximate surface area is 163 Å². The number of fused-ring (bicyclic) bond motifs is 5. The summed E-state index contributed by atoms with van der Waals surface area (Å²) in [5.74, 6) is -0.935. The van der Waals surface area contributed by atoms with E-state index < -0.39 is 17.6 Å². The number of nitrogens with zero attached hydrogens (tertiary/aromatic N) is 1. The van der Waals surface area contributed by atoms with Gasteiger partial charge in [-0.2, -0.15) is 0 Å². The minimum atomic E-state index is -1.10. The average molecular weight is 377 g/mol. The van der Waals surface area contributed by atoms with E-state index in [1.54, 1.807) is 0 Å². The molecule has 0 aromatic heterocycles. The largest absolute Gasteiger partial charge is 0.479 e. The molecule has 144 valence electrons. The number of hydrogen-bond donors (Lipinski definition) is 1. The van der Waals surface area contributed by atoms with E-state index in [-0.39, 0.29) is 17.9 Å². The lowest BCUT2D eigenvalue weighted by Crippen LogP contribution is -2.54. The van der Waals surface area contributed by atoms with Crippen LogP contribution in [0.4, 0.5) is 4.79 Å². The summed E-state index contributed by atoms with van der Waals surface area (Å²) < 4.78 is 5.72. The van der Waals surface area contributed by atoms with Crippen LogP contribution in [0.2, 0.25) is 0 Å². The Hall–Kier alpha value is -2.82. The summed E-state index contributed by atoms with van der Waals surface area (Å²) in [6.07, 6.45) is 1.35. The van der Waals surface area contributed by atoms with Crippen LogP contribution in [0.15, 0.2) is 48.5 Å². The van der Waals surface area contributed by atoms with Crippen LogP contribution >= 0.6 is 0 Å². The van der Waals surface area contributed by atoms with Crippen molar-refractivity contribution in [2.45, 2.75) is 37.6 Å². The monoisotopic (exact) mass is 377 g/mol. The second-order valence-electron chi connectivity index (χ2n) is 8.71. The molecule has 5 nitrogen and oxygen atoms in total. The van der Waals surface area contributed by atoms with Crippen molar-refractivity contribution in [3.05, 3.63) is 59.7 Å². The molecule has 0 spiro atoms. The first-order chi connectivity index (χ1) is 13.4. The van der Waals surface area contributed by atoms with Gasteiger partial charge in [0, 0.05) is 12.5 Å². The lowest BCUT2D eigenvalue weighted by Gasteiger charge is -2.35. The highest BCUT2D eigenvalue weighted by Gasteiger charge is 2.63. The predicted molar refractivity (Wildman–Crippen MR) is 104 cm³/mol. The van der Waals surface area contributed by atoms with Crippen molar-refractivity contribution in [1.29, 1.82) is 0 Å². The number of hydrogen-bond acceptors (Lipinski definition) is 3. The number of amides is 1. The van der Waals surface area contributed by atoms with Crippen LogP contribution in [0.25, 0.3) is 11.1 Å². The molecule has 1 saturated heterocycles. The van der Waals surface area contributed by atoms with Crippen molar-refractivity contribution >= 4 is 12.1 Å². The summed E-state index contributed by atoms with van der Waals surface area (Å²) in [5.41, 5.74) is 3.43. The molecular formula is C23H23NO4. The summed E-state index contributed by atoms with van der Waals surface area (Å²) in [5, 5.41) is 9.81. The van der Waals surface area contributed by atoms with Crippen LogP contribution in [0.5, 0.6) is 0 Å². The second kappa shape index (κ2) is 5.84. The molecule has 1 heterocycles. The highest BCUT2D eigenvalue weighted by atomic mass is 16.6. The van der Waals surface area contributed by atoms with Gasteiger partial charge in [0.15, 0.2) is 0 Å². The molecule has 2 atom stereocenters. The Morgan fingerprint density at radius 2 is 1.68 bits per heavy atom. The van der Waals surface area contributed by atoms with Crippen LogP contribution in [0.1, 0.15) is 43.2 Å². The Bertz CT molecular complexity index is 941. The standard InChI is InChI=1S/C23H23NO4/c1-22-10-11-23(13-22,20(25)26)24(14-22)21(27)28-12-19-17-8-4-2-6-15(17)16-7-3-5-9-18(16)19/h2-9,19H,10-14H2,1H3,(H,25,26). The van der Waals surface area contributed by atoms with Crippen molar-refractivity contribution in [2.24, 2.45) is 5.41 Å². The van der Waals surface area contributed by atoms with Crippen LogP contribution in [0.3, 0.4) is 0 Å². The SMILES string of the molecule is CC12CCC(C(=O)O)(C1)N(C(=O)OCC1c3ccccc3-c3ccccc31)C2. The molecule has 1 aliphatic heterocycles. The van der Waals surface area contributed by atoms with E-state index in [4.69, 9.17) is 4.74 Å². The van der Waals surface area contributed by atoms with Crippen LogP contribution < -0.4 is 0 Å². The van der Waals surface area contributed by atoms with E-state index in [1.165, 1.54) is 16.0 Å². The number of piperidine rings is 1. The smallest absolute Gasteiger partial charge is 0.410 e. The Morgan fingerprint density at radius 1 is 1.07 bits per heavy atom. The van der Waals surface area contributed by atoms with Gasteiger partial charge in [0.1, 0.15) is 12.1 Å². The first-order valence-corrected chi connectivity index (χ1v) is 9.80. The molecule has 2 aromatic rings. The maximum absolute atomic E-state index is 12.9. The van der Waals surface area contributed by atoms with Gasteiger partial charge < -0.3 is 9.84 Å². The van der Waals surface area contributed by atoms with Gasteiger partial charge in [0.05, 0.1) is 0 Å². The first-order valence-electron chi connectivity index (χ1n) is 9.80. The van der Waals surface area contributed by atoms with Gasteiger partial charge >= 0.3 is 12.1 Å². The Balaban J connectivity index is 1.39. The molecule has 2 aliphatic carbocycles. The third-order valence-electron chi connectivity index (χ3n) is 6.87. The van der Waals surface area contributed by atoms with E-state index in [0.717, 1.165) is 17.5 Å². The lowest BCUT2D eigenvalue weighted by molar-refractivity contribution is -0.149. The minimum Gasteiger partial charge on any atom is -0.479 e. The number of carbonyl (C=O) groups is 2. The zero-order chi connectivity index (χ0) is 19.5. The molecule has 1 saturated carbocycles. The fourth-order valence-electron chi connectivity index (χ4n) is 5.50. The molecule has 2 aromatic carbocycles. The molecule has 0 radical (unpaired) electrons. The van der Waals surface area contributed by atoms with Gasteiger partial charge in [-0.15, -0.1) is 0 Å². The second-order valence-corrected chi connectivity index (χ2v) is 8.71. The summed E-state index contributed by atoms with van der Waals surface area (Å²) >= 11 is 0. The van der Waals surface area contributed by atoms with Crippen molar-refractivity contribution in [1.82, 2.24) is 4.90 Å². The predicted octanol–water partition coefficient (Wildman–Crippen LogP) is 4.26. The maximum atomic E-state index is 12.9. The molecule has 5 heteroatoms. The number of carbonyl (C=O) groups excluding carboxylic acids is 1. The lowest BCUT2D eigenvalue weighted by atomic mass is 9.90. The van der Waals surface area contributed by atoms with Gasteiger partial charge in [-0.3, -0.25) is 4.90 Å². The summed E-state index contributed by atoms with van der Waals surface area (Å²) in [7, 11) is 0. The number of likely N-dealkylation sites (tertiary alicyclic amines) is 1. The van der Waals surface area contributed by atoms with Crippen LogP contribution in [0, 0.1) is 5.41 Å². The molecule has 5 rings (SSSR count). The van der Waals surface area contributed by atoms with Crippen LogP contribution in [-0.2, 0) is 9.53 Å². The Morgan fingerprint density at radius 3 is 2.25 bits per heavy atom. The third-order valence-corrected chi connectivity index (χ3v) is 6.87. The van der Waals surface area contributed by atoms with Crippen molar-refractivity contribution in [2.75, 3.05) is 13.2 Å². The van der Waals surface area contributed by atoms with Crippen molar-refractivity contribution in [3.8, 4) is 11.1 Å². The highest BCUT2D eigenvalue weighted by molar-refractivity contribution is 5.86. The van der Waals surface area contributed by atoms with Gasteiger partial charge in [-0.1, -0.05) is 55.5 Å². The van der Waals surface area contributed by atoms with E-state index in [9.17, 15) is 14.7 Å². The highest BCUT2D eigenvalue weighted by Crippen LogP contribution is 2.54. The summed E-state index contributed by atoms with van der Waals surface area (Å²) in [4.78, 5) is 26.3. The maximum Gasteiger partial charge on any atom is 0.410 e. The molecular weight excluding hydrogens is 354 g/mol. The fraction of sp³-hybridized carbons (Fsp3) is 0.391. The Kier molecular flexibility index (Phi) is 3.60. The number of carboxylic acids is 1. The van der Waals surface area contributed by atoms with Gasteiger partial charge in [-0.25, -0.2) is 9.59 Å². The van der Waals surface area contributed by atoms with Gasteiger partial charge in [0.2, 0.25) is 0 Å².